The SMILES string of the molecule is CC(=O)O.COCCN(C)C. The van der Waals surface area contributed by atoms with E-state index in [4.69, 9.17) is 14.6 Å². The molecule has 68 valence electrons. The minimum Gasteiger partial charge on any atom is -0.481 e. The highest BCUT2D eigenvalue weighted by Gasteiger charge is 1.83. The van der Waals surface area contributed by atoms with Crippen molar-refractivity contribution in [2.24, 2.45) is 0 Å². The molecule has 0 heterocycles. The molecule has 0 saturated heterocycles. The molecular formula is C7H17NO3. The maximum Gasteiger partial charge on any atom is 0.300 e. The topological polar surface area (TPSA) is 49.8 Å². The molecule has 0 aliphatic heterocycles. The maximum absolute atomic E-state index is 9.00. The quantitative estimate of drug-likeness (QED) is 0.649. The first-order valence-electron chi connectivity index (χ1n) is 3.34. The second kappa shape index (κ2) is 9.39. The van der Waals surface area contributed by atoms with Crippen LogP contribution >= 0.6 is 0 Å². The molecule has 0 bridgehead atoms. The lowest BCUT2D eigenvalue weighted by Crippen LogP contribution is -2.16. The van der Waals surface area contributed by atoms with Crippen LogP contribution in [-0.2, 0) is 9.53 Å². The number of likely N-dealkylation sites (N-methyl/N-ethyl adjacent to an activating group) is 1. The Morgan fingerprint density at radius 3 is 2.00 bits per heavy atom. The van der Waals surface area contributed by atoms with E-state index in [1.165, 1.54) is 0 Å². The predicted molar refractivity (Wildman–Crippen MR) is 43.7 cm³/mol. The third-order valence-electron chi connectivity index (χ3n) is 0.743. The van der Waals surface area contributed by atoms with Gasteiger partial charge in [0.25, 0.3) is 5.97 Å². The summed E-state index contributed by atoms with van der Waals surface area (Å²) in [6.07, 6.45) is 0. The Kier molecular flexibility index (Phi) is 11.1. The molecule has 0 aromatic heterocycles. The number of carboxylic acids is 1. The molecule has 0 aliphatic carbocycles. The van der Waals surface area contributed by atoms with Crippen LogP contribution in [0.1, 0.15) is 6.92 Å². The average molecular weight is 163 g/mol. The van der Waals surface area contributed by atoms with E-state index in [1.54, 1.807) is 7.11 Å². The van der Waals surface area contributed by atoms with Crippen LogP contribution in [0.3, 0.4) is 0 Å². The molecule has 1 N–H and O–H groups in total. The molecule has 0 radical (unpaired) electrons. The number of aliphatic carboxylic acids is 1. The van der Waals surface area contributed by atoms with Crippen LogP contribution in [0.2, 0.25) is 0 Å². The van der Waals surface area contributed by atoms with Gasteiger partial charge in [0.2, 0.25) is 0 Å². The average Bonchev–Trinajstić information content (AvgIpc) is 1.82. The highest BCUT2D eigenvalue weighted by atomic mass is 16.5. The summed E-state index contributed by atoms with van der Waals surface area (Å²) in [5.74, 6) is -0.833. The van der Waals surface area contributed by atoms with Crippen LogP contribution in [0.5, 0.6) is 0 Å². The summed E-state index contributed by atoms with van der Waals surface area (Å²) in [6, 6.07) is 0. The Morgan fingerprint density at radius 2 is 1.91 bits per heavy atom. The monoisotopic (exact) mass is 163 g/mol. The molecule has 0 unspecified atom stereocenters. The van der Waals surface area contributed by atoms with Gasteiger partial charge in [-0.3, -0.25) is 4.79 Å². The Bertz CT molecular complexity index is 89.7. The maximum atomic E-state index is 9.00. The van der Waals surface area contributed by atoms with E-state index in [1.807, 2.05) is 14.1 Å². The van der Waals surface area contributed by atoms with Gasteiger partial charge in [0.15, 0.2) is 0 Å². The first-order chi connectivity index (χ1) is 5.00. The van der Waals surface area contributed by atoms with E-state index in [-0.39, 0.29) is 0 Å². The zero-order valence-electron chi connectivity index (χ0n) is 7.63. The standard InChI is InChI=1S/C5H13NO.C2H4O2/c1-6(2)4-5-7-3;1-2(3)4/h4-5H2,1-3H3;1H3,(H,3,4). The smallest absolute Gasteiger partial charge is 0.300 e. The Hall–Kier alpha value is -0.610. The zero-order chi connectivity index (χ0) is 9.28. The van der Waals surface area contributed by atoms with Gasteiger partial charge in [0, 0.05) is 20.6 Å². The molecule has 0 aromatic carbocycles. The summed E-state index contributed by atoms with van der Waals surface area (Å²) in [7, 11) is 5.77. The van der Waals surface area contributed by atoms with Crippen LogP contribution in [0.25, 0.3) is 0 Å². The third kappa shape index (κ3) is 44.6. The van der Waals surface area contributed by atoms with Crippen molar-refractivity contribution in [3.8, 4) is 0 Å². The van der Waals surface area contributed by atoms with Gasteiger partial charge in [-0.15, -0.1) is 0 Å². The van der Waals surface area contributed by atoms with Gasteiger partial charge in [-0.1, -0.05) is 0 Å². The van der Waals surface area contributed by atoms with E-state index < -0.39 is 5.97 Å². The Balaban J connectivity index is 0. The molecule has 0 rings (SSSR count). The number of ether oxygens (including phenoxy) is 1. The third-order valence-corrected chi connectivity index (χ3v) is 0.743. The number of hydrogen-bond donors (Lipinski definition) is 1. The van der Waals surface area contributed by atoms with E-state index in [2.05, 4.69) is 4.90 Å². The van der Waals surface area contributed by atoms with E-state index in [9.17, 15) is 0 Å². The molecule has 0 spiro atoms. The summed E-state index contributed by atoms with van der Waals surface area (Å²) in [5, 5.41) is 7.42. The van der Waals surface area contributed by atoms with Gasteiger partial charge < -0.3 is 14.7 Å². The summed E-state index contributed by atoms with van der Waals surface area (Å²) in [6.45, 7) is 2.92. The molecule has 11 heavy (non-hydrogen) atoms. The van der Waals surface area contributed by atoms with Gasteiger partial charge in [-0.25, -0.2) is 0 Å². The molecule has 0 amide bonds. The molecule has 0 aliphatic rings. The normalized spacial score (nSPS) is 8.82. The van der Waals surface area contributed by atoms with Crippen LogP contribution in [0.4, 0.5) is 0 Å². The van der Waals surface area contributed by atoms with Crippen molar-refractivity contribution in [3.05, 3.63) is 0 Å². The highest BCUT2D eigenvalue weighted by Crippen LogP contribution is 1.71. The Labute approximate surface area is 67.8 Å². The predicted octanol–water partition coefficient (Wildman–Crippen LogP) is 0.285. The van der Waals surface area contributed by atoms with Crippen LogP contribution in [-0.4, -0.2) is 50.3 Å². The lowest BCUT2D eigenvalue weighted by molar-refractivity contribution is -0.134. The minimum absolute atomic E-state index is 0.826. The van der Waals surface area contributed by atoms with Crippen LogP contribution < -0.4 is 0 Å². The minimum atomic E-state index is -0.833. The van der Waals surface area contributed by atoms with Crippen molar-refractivity contribution in [3.63, 3.8) is 0 Å². The van der Waals surface area contributed by atoms with E-state index >= 15 is 0 Å². The van der Waals surface area contributed by atoms with Gasteiger partial charge in [-0.05, 0) is 14.1 Å². The molecule has 0 atom stereocenters. The molecule has 0 fully saturated rings. The van der Waals surface area contributed by atoms with Gasteiger partial charge >= 0.3 is 0 Å². The van der Waals surface area contributed by atoms with Gasteiger partial charge in [0.05, 0.1) is 6.61 Å². The second-order valence-electron chi connectivity index (χ2n) is 2.32. The molecule has 4 heteroatoms. The molecule has 0 saturated carbocycles. The number of hydrogen-bond acceptors (Lipinski definition) is 3. The van der Waals surface area contributed by atoms with Crippen molar-refractivity contribution in [1.82, 2.24) is 4.90 Å². The number of carboxylic acid groups (broad SMARTS) is 1. The fourth-order valence-corrected chi connectivity index (χ4v) is 0.274. The number of carbonyl (C=O) groups is 1. The van der Waals surface area contributed by atoms with Crippen molar-refractivity contribution in [1.29, 1.82) is 0 Å². The second-order valence-corrected chi connectivity index (χ2v) is 2.32. The first-order valence-corrected chi connectivity index (χ1v) is 3.34. The summed E-state index contributed by atoms with van der Waals surface area (Å²) in [4.78, 5) is 11.1. The number of nitrogens with zero attached hydrogens (tertiary/aromatic N) is 1. The molecule has 0 aromatic rings. The van der Waals surface area contributed by atoms with Crippen LogP contribution in [0, 0.1) is 0 Å². The summed E-state index contributed by atoms with van der Waals surface area (Å²) < 4.78 is 4.81. The largest absolute Gasteiger partial charge is 0.481 e. The fraction of sp³-hybridized carbons (Fsp3) is 0.857. The van der Waals surface area contributed by atoms with E-state index in [0.717, 1.165) is 20.1 Å². The lowest BCUT2D eigenvalue weighted by Gasteiger charge is -2.06. The Morgan fingerprint density at radius 1 is 1.55 bits per heavy atom. The summed E-state index contributed by atoms with van der Waals surface area (Å²) >= 11 is 0. The van der Waals surface area contributed by atoms with E-state index in [0.29, 0.717) is 0 Å². The van der Waals surface area contributed by atoms with Crippen LogP contribution in [0.15, 0.2) is 0 Å². The number of rotatable bonds is 3. The molecule has 4 nitrogen and oxygen atoms in total. The zero-order valence-corrected chi connectivity index (χ0v) is 7.63. The molecular weight excluding hydrogens is 146 g/mol. The van der Waals surface area contributed by atoms with Crippen molar-refractivity contribution in [2.45, 2.75) is 6.92 Å². The first kappa shape index (κ1) is 13.0. The highest BCUT2D eigenvalue weighted by molar-refractivity contribution is 5.62. The summed E-state index contributed by atoms with van der Waals surface area (Å²) in [5.41, 5.74) is 0. The lowest BCUT2D eigenvalue weighted by atomic mass is 10.6. The van der Waals surface area contributed by atoms with Gasteiger partial charge in [-0.2, -0.15) is 0 Å². The van der Waals surface area contributed by atoms with Crippen molar-refractivity contribution < 1.29 is 14.6 Å². The van der Waals surface area contributed by atoms with Gasteiger partial charge in [0.1, 0.15) is 0 Å². The fourth-order valence-electron chi connectivity index (χ4n) is 0.274. The number of methoxy groups -OCH3 is 1. The van der Waals surface area contributed by atoms with Crippen molar-refractivity contribution >= 4 is 5.97 Å². The van der Waals surface area contributed by atoms with Crippen molar-refractivity contribution in [2.75, 3.05) is 34.4 Å².